The van der Waals surface area contributed by atoms with E-state index in [1.165, 1.54) is 6.07 Å². The van der Waals surface area contributed by atoms with Gasteiger partial charge in [0.1, 0.15) is 0 Å². The van der Waals surface area contributed by atoms with Gasteiger partial charge in [0, 0.05) is 23.6 Å². The molecule has 98 valence electrons. The number of pyridine rings is 1. The minimum atomic E-state index is -0.956. The Morgan fingerprint density at radius 3 is 2.78 bits per heavy atom. The number of carboxylic acid groups (broad SMARTS) is 1. The van der Waals surface area contributed by atoms with Gasteiger partial charge in [-0.3, -0.25) is 4.79 Å². The van der Waals surface area contributed by atoms with Crippen LogP contribution in [-0.4, -0.2) is 27.1 Å². The van der Waals surface area contributed by atoms with Gasteiger partial charge in [-0.2, -0.15) is 11.8 Å². The second-order valence-electron chi connectivity index (χ2n) is 4.67. The molecule has 1 aliphatic heterocycles. The summed E-state index contributed by atoms with van der Waals surface area (Å²) in [5.41, 5.74) is 1.32. The molecule has 1 unspecified atom stereocenters. The first-order valence-electron chi connectivity index (χ1n) is 6.06. The number of aromatic carboxylic acids is 1. The van der Waals surface area contributed by atoms with E-state index in [1.807, 2.05) is 11.8 Å². The van der Waals surface area contributed by atoms with Gasteiger partial charge < -0.3 is 9.67 Å². The van der Waals surface area contributed by atoms with Crippen LogP contribution in [0.1, 0.15) is 40.5 Å². The average Bonchev–Trinajstić information content (AvgIpc) is 2.28. The molecule has 0 aliphatic carbocycles. The van der Waals surface area contributed by atoms with Crippen molar-refractivity contribution in [3.63, 3.8) is 0 Å². The fourth-order valence-electron chi connectivity index (χ4n) is 2.60. The van der Waals surface area contributed by atoms with E-state index in [2.05, 4.69) is 0 Å². The van der Waals surface area contributed by atoms with Gasteiger partial charge in [-0.05, 0) is 38.0 Å². The molecule has 1 N–H and O–H groups in total. The first-order chi connectivity index (χ1) is 8.52. The van der Waals surface area contributed by atoms with E-state index in [0.29, 0.717) is 11.3 Å². The molecule has 0 bridgehead atoms. The Kier molecular flexibility index (Phi) is 3.80. The molecule has 0 spiro atoms. The number of nitrogens with zero attached hydrogens (tertiary/aromatic N) is 1. The van der Waals surface area contributed by atoms with Gasteiger partial charge in [0.05, 0.1) is 5.56 Å². The monoisotopic (exact) mass is 267 g/mol. The Balaban J connectivity index is 2.56. The van der Waals surface area contributed by atoms with Crippen LogP contribution >= 0.6 is 11.8 Å². The van der Waals surface area contributed by atoms with Gasteiger partial charge in [0.2, 0.25) is 0 Å². The zero-order chi connectivity index (χ0) is 13.3. The summed E-state index contributed by atoms with van der Waals surface area (Å²) in [5.74, 6) is 1.06. The molecule has 1 atom stereocenters. The van der Waals surface area contributed by atoms with Gasteiger partial charge in [-0.25, -0.2) is 4.79 Å². The van der Waals surface area contributed by atoms with Crippen molar-refractivity contribution in [1.29, 1.82) is 0 Å². The largest absolute Gasteiger partial charge is 0.478 e. The van der Waals surface area contributed by atoms with Crippen molar-refractivity contribution in [1.82, 2.24) is 4.57 Å². The van der Waals surface area contributed by atoms with Crippen LogP contribution in [0.5, 0.6) is 0 Å². The Hall–Kier alpha value is -1.23. The molecule has 1 aromatic rings. The van der Waals surface area contributed by atoms with E-state index < -0.39 is 5.97 Å². The molecule has 1 saturated heterocycles. The summed E-state index contributed by atoms with van der Waals surface area (Å²) in [4.78, 5) is 23.4. The van der Waals surface area contributed by atoms with Crippen molar-refractivity contribution in [2.24, 2.45) is 0 Å². The summed E-state index contributed by atoms with van der Waals surface area (Å²) >= 11 is 1.83. The summed E-state index contributed by atoms with van der Waals surface area (Å²) in [6.07, 6.45) is 2.04. The van der Waals surface area contributed by atoms with E-state index in [0.717, 1.165) is 24.3 Å². The molecular weight excluding hydrogens is 250 g/mol. The molecule has 0 radical (unpaired) electrons. The lowest BCUT2D eigenvalue weighted by Gasteiger charge is -2.26. The van der Waals surface area contributed by atoms with Crippen LogP contribution in [0.3, 0.4) is 0 Å². The van der Waals surface area contributed by atoms with Crippen LogP contribution < -0.4 is 5.56 Å². The molecule has 0 saturated carbocycles. The fraction of sp³-hybridized carbons (Fsp3) is 0.538. The maximum absolute atomic E-state index is 12.1. The molecule has 0 amide bonds. The molecule has 18 heavy (non-hydrogen) atoms. The molecule has 1 fully saturated rings. The highest BCUT2D eigenvalue weighted by atomic mass is 32.2. The van der Waals surface area contributed by atoms with E-state index in [1.54, 1.807) is 18.4 Å². The van der Waals surface area contributed by atoms with Crippen LogP contribution in [-0.2, 0) is 0 Å². The van der Waals surface area contributed by atoms with E-state index in [9.17, 15) is 14.7 Å². The molecule has 1 aliphatic rings. The van der Waals surface area contributed by atoms with Crippen LogP contribution in [0.25, 0.3) is 0 Å². The number of thioether (sulfide) groups is 1. The van der Waals surface area contributed by atoms with E-state index in [-0.39, 0.29) is 17.2 Å². The Morgan fingerprint density at radius 1 is 1.50 bits per heavy atom. The first kappa shape index (κ1) is 13.2. The number of hydrogen-bond acceptors (Lipinski definition) is 3. The third kappa shape index (κ3) is 2.32. The normalized spacial score (nSPS) is 19.8. The molecule has 0 aromatic carbocycles. The number of rotatable bonds is 2. The number of aryl methyl sites for hydroxylation is 1. The smallest absolute Gasteiger partial charge is 0.337 e. The summed E-state index contributed by atoms with van der Waals surface area (Å²) < 4.78 is 1.67. The number of aromatic nitrogens is 1. The quantitative estimate of drug-likeness (QED) is 0.892. The van der Waals surface area contributed by atoms with Crippen molar-refractivity contribution < 1.29 is 9.90 Å². The molecule has 5 heteroatoms. The number of carboxylic acids is 1. The maximum atomic E-state index is 12.1. The molecule has 4 nitrogen and oxygen atoms in total. The van der Waals surface area contributed by atoms with Crippen molar-refractivity contribution in [3.8, 4) is 0 Å². The minimum absolute atomic E-state index is 0.0810. The second-order valence-corrected chi connectivity index (χ2v) is 5.82. The van der Waals surface area contributed by atoms with Gasteiger partial charge in [0.15, 0.2) is 0 Å². The Bertz CT molecular complexity index is 530. The number of hydrogen-bond donors (Lipinski definition) is 1. The Morgan fingerprint density at radius 2 is 2.22 bits per heavy atom. The predicted octanol–water partition coefficient (Wildman–Crippen LogP) is 2.23. The lowest BCUT2D eigenvalue weighted by molar-refractivity contribution is 0.0694. The highest BCUT2D eigenvalue weighted by molar-refractivity contribution is 7.99. The molecule has 2 rings (SSSR count). The van der Waals surface area contributed by atoms with Gasteiger partial charge >= 0.3 is 5.97 Å². The zero-order valence-electron chi connectivity index (χ0n) is 10.6. The maximum Gasteiger partial charge on any atom is 0.337 e. The van der Waals surface area contributed by atoms with Crippen LogP contribution in [0.15, 0.2) is 10.9 Å². The van der Waals surface area contributed by atoms with Gasteiger partial charge in [0.25, 0.3) is 5.56 Å². The standard InChI is InChI=1S/C13H17NO3S/c1-8-6-11(15)14(9(2)12(8)13(16)17)10-4-3-5-18-7-10/h6,10H,3-5,7H2,1-2H3,(H,16,17). The first-order valence-corrected chi connectivity index (χ1v) is 7.21. The van der Waals surface area contributed by atoms with Gasteiger partial charge in [-0.15, -0.1) is 0 Å². The summed E-state index contributed by atoms with van der Waals surface area (Å²) in [7, 11) is 0. The lowest BCUT2D eigenvalue weighted by Crippen LogP contribution is -2.31. The predicted molar refractivity (Wildman–Crippen MR) is 72.7 cm³/mol. The van der Waals surface area contributed by atoms with Crippen molar-refractivity contribution in [2.75, 3.05) is 11.5 Å². The average molecular weight is 267 g/mol. The van der Waals surface area contributed by atoms with Crippen molar-refractivity contribution in [2.45, 2.75) is 32.7 Å². The molecular formula is C13H17NO3S. The molecule has 2 heterocycles. The summed E-state index contributed by atoms with van der Waals surface area (Å²) in [6, 6.07) is 1.57. The highest BCUT2D eigenvalue weighted by Crippen LogP contribution is 2.27. The topological polar surface area (TPSA) is 59.3 Å². The SMILES string of the molecule is Cc1cc(=O)n(C2CCCSC2)c(C)c1C(=O)O. The fourth-order valence-corrected chi connectivity index (χ4v) is 3.73. The van der Waals surface area contributed by atoms with E-state index >= 15 is 0 Å². The van der Waals surface area contributed by atoms with E-state index in [4.69, 9.17) is 0 Å². The number of carbonyl (C=O) groups is 1. The summed E-state index contributed by atoms with van der Waals surface area (Å²) in [6.45, 7) is 3.41. The third-order valence-electron chi connectivity index (χ3n) is 3.41. The minimum Gasteiger partial charge on any atom is -0.478 e. The molecule has 1 aromatic heterocycles. The van der Waals surface area contributed by atoms with Crippen LogP contribution in [0.2, 0.25) is 0 Å². The van der Waals surface area contributed by atoms with Crippen LogP contribution in [0, 0.1) is 13.8 Å². The zero-order valence-corrected chi connectivity index (χ0v) is 11.4. The van der Waals surface area contributed by atoms with Gasteiger partial charge in [-0.1, -0.05) is 0 Å². The van der Waals surface area contributed by atoms with Crippen molar-refractivity contribution >= 4 is 17.7 Å². The Labute approximate surface area is 110 Å². The lowest BCUT2D eigenvalue weighted by atomic mass is 10.1. The van der Waals surface area contributed by atoms with Crippen molar-refractivity contribution in [3.05, 3.63) is 33.2 Å². The van der Waals surface area contributed by atoms with Crippen LogP contribution in [0.4, 0.5) is 0 Å². The highest BCUT2D eigenvalue weighted by Gasteiger charge is 2.22. The summed E-state index contributed by atoms with van der Waals surface area (Å²) in [5, 5.41) is 9.24. The second kappa shape index (κ2) is 5.18. The third-order valence-corrected chi connectivity index (χ3v) is 4.61.